The predicted octanol–water partition coefficient (Wildman–Crippen LogP) is 4.39. The summed E-state index contributed by atoms with van der Waals surface area (Å²) in [4.78, 5) is 14.3. The molecule has 0 heterocycles. The van der Waals surface area contributed by atoms with Gasteiger partial charge < -0.3 is 9.64 Å². The molecular formula is C20H24ClNO2. The Kier molecular flexibility index (Phi) is 8.84. The highest BCUT2D eigenvalue weighted by molar-refractivity contribution is 5.94. The molecule has 0 saturated heterocycles. The second kappa shape index (κ2) is 10.6. The van der Waals surface area contributed by atoms with E-state index in [0.717, 1.165) is 24.1 Å². The summed E-state index contributed by atoms with van der Waals surface area (Å²) in [5, 5.41) is 0. The summed E-state index contributed by atoms with van der Waals surface area (Å²) in [6.07, 6.45) is 4.78. The zero-order valence-electron chi connectivity index (χ0n) is 14.1. The second-order valence-electron chi connectivity index (χ2n) is 5.62. The largest absolute Gasteiger partial charge is 0.462 e. The number of hydrogen-bond acceptors (Lipinski definition) is 3. The first-order valence-corrected chi connectivity index (χ1v) is 7.81. The van der Waals surface area contributed by atoms with Gasteiger partial charge in [-0.1, -0.05) is 60.7 Å². The Morgan fingerprint density at radius 2 is 1.67 bits per heavy atom. The summed E-state index contributed by atoms with van der Waals surface area (Å²) in [7, 11) is 4.01. The van der Waals surface area contributed by atoms with E-state index in [1.54, 1.807) is 6.07 Å². The number of carbonyl (C=O) groups excluding carboxylic acids is 1. The lowest BCUT2D eigenvalue weighted by Crippen LogP contribution is -2.16. The van der Waals surface area contributed by atoms with Crippen LogP contribution in [0, 0.1) is 0 Å². The molecule has 0 aliphatic carbocycles. The summed E-state index contributed by atoms with van der Waals surface area (Å²) < 4.78 is 5.37. The van der Waals surface area contributed by atoms with Crippen LogP contribution in [0.5, 0.6) is 0 Å². The third-order valence-electron chi connectivity index (χ3n) is 3.42. The molecule has 0 saturated carbocycles. The van der Waals surface area contributed by atoms with Crippen molar-refractivity contribution in [2.75, 3.05) is 27.2 Å². The maximum Gasteiger partial charge on any atom is 0.338 e. The zero-order valence-corrected chi connectivity index (χ0v) is 15.0. The molecule has 3 nitrogen and oxygen atoms in total. The molecule has 0 aliphatic rings. The molecule has 0 N–H and O–H groups in total. The van der Waals surface area contributed by atoms with Crippen LogP contribution < -0.4 is 0 Å². The summed E-state index contributed by atoms with van der Waals surface area (Å²) in [6.45, 7) is 1.34. The molecule has 2 aromatic carbocycles. The summed E-state index contributed by atoms with van der Waals surface area (Å²) >= 11 is 0. The van der Waals surface area contributed by atoms with E-state index in [2.05, 4.69) is 4.90 Å². The van der Waals surface area contributed by atoms with Crippen LogP contribution in [0.1, 0.15) is 27.9 Å². The van der Waals surface area contributed by atoms with Crippen molar-refractivity contribution in [1.82, 2.24) is 4.90 Å². The number of benzene rings is 2. The molecule has 0 atom stereocenters. The number of hydrogen-bond donors (Lipinski definition) is 0. The maximum absolute atomic E-state index is 12.3. The fourth-order valence-electron chi connectivity index (χ4n) is 2.20. The Labute approximate surface area is 150 Å². The van der Waals surface area contributed by atoms with Gasteiger partial charge in [0.25, 0.3) is 0 Å². The number of carbonyl (C=O) groups is 1. The van der Waals surface area contributed by atoms with Gasteiger partial charge in [-0.15, -0.1) is 12.4 Å². The first-order valence-electron chi connectivity index (χ1n) is 7.81. The molecule has 0 fully saturated rings. The SMILES string of the molecule is CN(C)CCCOC(=O)c1ccccc1/C=C/c1ccccc1.Cl. The van der Waals surface area contributed by atoms with E-state index < -0.39 is 0 Å². The van der Waals surface area contributed by atoms with E-state index in [9.17, 15) is 4.79 Å². The highest BCUT2D eigenvalue weighted by Gasteiger charge is 2.10. The van der Waals surface area contributed by atoms with Crippen molar-refractivity contribution in [3.8, 4) is 0 Å². The van der Waals surface area contributed by atoms with E-state index in [-0.39, 0.29) is 18.4 Å². The quantitative estimate of drug-likeness (QED) is 0.423. The molecule has 128 valence electrons. The lowest BCUT2D eigenvalue weighted by molar-refractivity contribution is 0.0493. The number of esters is 1. The number of ether oxygens (including phenoxy) is 1. The molecule has 24 heavy (non-hydrogen) atoms. The molecule has 4 heteroatoms. The summed E-state index contributed by atoms with van der Waals surface area (Å²) in [5.41, 5.74) is 2.57. The van der Waals surface area contributed by atoms with Gasteiger partial charge in [-0.2, -0.15) is 0 Å². The fraction of sp³-hybridized carbons (Fsp3) is 0.250. The van der Waals surface area contributed by atoms with Gasteiger partial charge in [0.1, 0.15) is 0 Å². The molecule has 0 bridgehead atoms. The fourth-order valence-corrected chi connectivity index (χ4v) is 2.20. The molecule has 0 spiro atoms. The van der Waals surface area contributed by atoms with Crippen LogP contribution in [0.4, 0.5) is 0 Å². The number of nitrogens with zero attached hydrogens (tertiary/aromatic N) is 1. The lowest BCUT2D eigenvalue weighted by Gasteiger charge is -2.10. The Bertz CT molecular complexity index is 654. The van der Waals surface area contributed by atoms with E-state index in [0.29, 0.717) is 12.2 Å². The van der Waals surface area contributed by atoms with E-state index in [1.807, 2.05) is 74.8 Å². The molecule has 2 rings (SSSR count). The molecule has 0 unspecified atom stereocenters. The monoisotopic (exact) mass is 345 g/mol. The molecule has 0 amide bonds. The number of halogens is 1. The van der Waals surface area contributed by atoms with Crippen molar-refractivity contribution < 1.29 is 9.53 Å². The molecule has 0 radical (unpaired) electrons. The third-order valence-corrected chi connectivity index (χ3v) is 3.42. The van der Waals surface area contributed by atoms with Crippen molar-refractivity contribution in [1.29, 1.82) is 0 Å². The van der Waals surface area contributed by atoms with Crippen molar-refractivity contribution in [3.63, 3.8) is 0 Å². The van der Waals surface area contributed by atoms with Crippen molar-refractivity contribution in [3.05, 3.63) is 71.3 Å². The van der Waals surface area contributed by atoms with Gasteiger partial charge in [0.05, 0.1) is 12.2 Å². The Morgan fingerprint density at radius 3 is 2.38 bits per heavy atom. The summed E-state index contributed by atoms with van der Waals surface area (Å²) in [5.74, 6) is -0.267. The molecule has 0 aliphatic heterocycles. The van der Waals surface area contributed by atoms with E-state index in [1.165, 1.54) is 0 Å². The summed E-state index contributed by atoms with van der Waals surface area (Å²) in [6, 6.07) is 17.5. The Morgan fingerprint density at radius 1 is 1.00 bits per heavy atom. The molecular weight excluding hydrogens is 322 g/mol. The highest BCUT2D eigenvalue weighted by Crippen LogP contribution is 2.14. The maximum atomic E-state index is 12.3. The first kappa shape index (κ1) is 19.9. The zero-order chi connectivity index (χ0) is 16.5. The minimum atomic E-state index is -0.267. The van der Waals surface area contributed by atoms with Crippen LogP contribution in [0.25, 0.3) is 12.2 Å². The van der Waals surface area contributed by atoms with Gasteiger partial charge in [-0.3, -0.25) is 0 Å². The van der Waals surface area contributed by atoms with Gasteiger partial charge in [-0.25, -0.2) is 4.79 Å². The second-order valence-corrected chi connectivity index (χ2v) is 5.62. The van der Waals surface area contributed by atoms with Crippen molar-refractivity contribution in [2.24, 2.45) is 0 Å². The van der Waals surface area contributed by atoms with Crippen LogP contribution in [0.15, 0.2) is 54.6 Å². The average Bonchev–Trinajstić information content (AvgIpc) is 2.58. The minimum Gasteiger partial charge on any atom is -0.462 e. The van der Waals surface area contributed by atoms with E-state index >= 15 is 0 Å². The van der Waals surface area contributed by atoms with Gasteiger partial charge in [-0.05, 0) is 37.7 Å². The Balaban J connectivity index is 0.00000288. The standard InChI is InChI=1S/C20H23NO2.ClH/c1-21(2)15-8-16-23-20(22)19-12-7-6-11-18(19)14-13-17-9-4-3-5-10-17;/h3-7,9-14H,8,15-16H2,1-2H3;1H/b14-13+;. The van der Waals surface area contributed by atoms with Gasteiger partial charge in [0, 0.05) is 6.54 Å². The lowest BCUT2D eigenvalue weighted by atomic mass is 10.1. The van der Waals surface area contributed by atoms with Gasteiger partial charge in [0.2, 0.25) is 0 Å². The van der Waals surface area contributed by atoms with Crippen LogP contribution in [0.2, 0.25) is 0 Å². The van der Waals surface area contributed by atoms with Crippen molar-refractivity contribution in [2.45, 2.75) is 6.42 Å². The van der Waals surface area contributed by atoms with Gasteiger partial charge in [0.15, 0.2) is 0 Å². The Hall–Kier alpha value is -2.10. The third kappa shape index (κ3) is 6.57. The van der Waals surface area contributed by atoms with E-state index in [4.69, 9.17) is 4.74 Å². The number of rotatable bonds is 7. The smallest absolute Gasteiger partial charge is 0.338 e. The normalized spacial score (nSPS) is 10.6. The van der Waals surface area contributed by atoms with Crippen molar-refractivity contribution >= 4 is 30.5 Å². The molecule has 0 aromatic heterocycles. The van der Waals surface area contributed by atoms with Crippen LogP contribution >= 0.6 is 12.4 Å². The predicted molar refractivity (Wildman–Crippen MR) is 103 cm³/mol. The van der Waals surface area contributed by atoms with Crippen LogP contribution in [-0.2, 0) is 4.74 Å². The average molecular weight is 346 g/mol. The van der Waals surface area contributed by atoms with Gasteiger partial charge >= 0.3 is 5.97 Å². The minimum absolute atomic E-state index is 0. The van der Waals surface area contributed by atoms with Crippen LogP contribution in [-0.4, -0.2) is 38.1 Å². The first-order chi connectivity index (χ1) is 11.2. The molecule has 2 aromatic rings. The highest BCUT2D eigenvalue weighted by atomic mass is 35.5. The van der Waals surface area contributed by atoms with Crippen LogP contribution in [0.3, 0.4) is 0 Å². The topological polar surface area (TPSA) is 29.5 Å².